The van der Waals surface area contributed by atoms with E-state index in [0.717, 1.165) is 32.4 Å². The summed E-state index contributed by atoms with van der Waals surface area (Å²) in [6, 6.07) is 7.42. The molecule has 1 aliphatic rings. The van der Waals surface area contributed by atoms with Crippen molar-refractivity contribution in [1.82, 2.24) is 10.2 Å². The molecule has 0 aliphatic carbocycles. The highest BCUT2D eigenvalue weighted by atomic mass is 35.5. The van der Waals surface area contributed by atoms with Crippen molar-refractivity contribution in [2.45, 2.75) is 38.3 Å². The van der Waals surface area contributed by atoms with Gasteiger partial charge in [-0.05, 0) is 57.5 Å². The zero-order valence-corrected chi connectivity index (χ0v) is 14.6. The van der Waals surface area contributed by atoms with Gasteiger partial charge in [-0.25, -0.2) is 0 Å². The van der Waals surface area contributed by atoms with Gasteiger partial charge in [0.2, 0.25) is 0 Å². The summed E-state index contributed by atoms with van der Waals surface area (Å²) in [7, 11) is 1.87. The first-order chi connectivity index (χ1) is 10.1. The number of likely N-dealkylation sites (N-methyl/N-ethyl adjacent to an activating group) is 1. The van der Waals surface area contributed by atoms with Gasteiger partial charge in [-0.2, -0.15) is 0 Å². The summed E-state index contributed by atoms with van der Waals surface area (Å²) in [5, 5.41) is 3.97. The van der Waals surface area contributed by atoms with Gasteiger partial charge in [-0.15, -0.1) is 12.4 Å². The highest BCUT2D eigenvalue weighted by Crippen LogP contribution is 2.20. The minimum Gasteiger partial charge on any atom is -0.481 e. The molecule has 0 bridgehead atoms. The predicted octanol–water partition coefficient (Wildman–Crippen LogP) is 3.13. The molecule has 1 heterocycles. The maximum absolute atomic E-state index is 12.5. The van der Waals surface area contributed by atoms with E-state index in [2.05, 4.69) is 5.32 Å². The molecule has 4 nitrogen and oxygen atoms in total. The SMILES string of the molecule is CC(Oc1cccc(Cl)c1)C(=O)N(C)C1CCCNCC1.Cl. The smallest absolute Gasteiger partial charge is 0.263 e. The van der Waals surface area contributed by atoms with E-state index in [-0.39, 0.29) is 24.4 Å². The molecule has 1 aromatic rings. The lowest BCUT2D eigenvalue weighted by molar-refractivity contribution is -0.138. The molecule has 0 radical (unpaired) electrons. The van der Waals surface area contributed by atoms with E-state index < -0.39 is 6.10 Å². The maximum atomic E-state index is 12.5. The van der Waals surface area contributed by atoms with Gasteiger partial charge in [0.1, 0.15) is 5.75 Å². The number of nitrogens with one attached hydrogen (secondary N) is 1. The average Bonchev–Trinajstić information content (AvgIpc) is 2.74. The number of hydrogen-bond acceptors (Lipinski definition) is 3. The number of nitrogens with zero attached hydrogens (tertiary/aromatic N) is 1. The van der Waals surface area contributed by atoms with Crippen molar-refractivity contribution in [3.63, 3.8) is 0 Å². The Hall–Kier alpha value is -0.970. The van der Waals surface area contributed by atoms with Crippen LogP contribution in [-0.2, 0) is 4.79 Å². The minimum absolute atomic E-state index is 0. The Kier molecular flexibility index (Phi) is 8.01. The molecule has 6 heteroatoms. The normalized spacial score (nSPS) is 19.5. The Morgan fingerprint density at radius 1 is 1.41 bits per heavy atom. The molecule has 2 rings (SSSR count). The summed E-state index contributed by atoms with van der Waals surface area (Å²) < 4.78 is 5.71. The molecule has 1 fully saturated rings. The minimum atomic E-state index is -0.510. The Labute approximate surface area is 143 Å². The molecule has 1 N–H and O–H groups in total. The third kappa shape index (κ3) is 5.34. The Morgan fingerprint density at radius 3 is 2.91 bits per heavy atom. The molecule has 0 aromatic heterocycles. The number of amides is 1. The third-order valence-corrected chi connectivity index (χ3v) is 4.13. The summed E-state index contributed by atoms with van der Waals surface area (Å²) in [6.45, 7) is 3.79. The fourth-order valence-electron chi connectivity index (χ4n) is 2.65. The van der Waals surface area contributed by atoms with Gasteiger partial charge in [0.05, 0.1) is 0 Å². The number of benzene rings is 1. The molecule has 0 saturated carbocycles. The highest BCUT2D eigenvalue weighted by molar-refractivity contribution is 6.30. The molecule has 2 atom stereocenters. The quantitative estimate of drug-likeness (QED) is 0.910. The van der Waals surface area contributed by atoms with Crippen molar-refractivity contribution in [2.75, 3.05) is 20.1 Å². The second-order valence-electron chi connectivity index (χ2n) is 5.50. The molecular weight excluding hydrogens is 323 g/mol. The van der Waals surface area contributed by atoms with Gasteiger partial charge in [-0.1, -0.05) is 17.7 Å². The van der Waals surface area contributed by atoms with Crippen molar-refractivity contribution >= 4 is 29.9 Å². The molecule has 124 valence electrons. The topological polar surface area (TPSA) is 41.6 Å². The number of hydrogen-bond donors (Lipinski definition) is 1. The van der Waals surface area contributed by atoms with Crippen LogP contribution in [0.4, 0.5) is 0 Å². The summed E-state index contributed by atoms with van der Waals surface area (Å²) in [4.78, 5) is 14.3. The van der Waals surface area contributed by atoms with Crippen LogP contribution in [-0.4, -0.2) is 43.1 Å². The van der Waals surface area contributed by atoms with Crippen molar-refractivity contribution in [3.05, 3.63) is 29.3 Å². The number of halogens is 2. The molecular formula is C16H24Cl2N2O2. The number of rotatable bonds is 4. The van der Waals surface area contributed by atoms with Crippen LogP contribution in [0.2, 0.25) is 5.02 Å². The van der Waals surface area contributed by atoms with Gasteiger partial charge < -0.3 is 15.0 Å². The predicted molar refractivity (Wildman–Crippen MR) is 92.1 cm³/mol. The van der Waals surface area contributed by atoms with E-state index in [9.17, 15) is 4.79 Å². The van der Waals surface area contributed by atoms with Crippen molar-refractivity contribution in [1.29, 1.82) is 0 Å². The van der Waals surface area contributed by atoms with Crippen LogP contribution in [0.5, 0.6) is 5.75 Å². The van der Waals surface area contributed by atoms with E-state index in [0.29, 0.717) is 10.8 Å². The molecule has 1 aliphatic heterocycles. The van der Waals surface area contributed by atoms with Crippen LogP contribution in [0.15, 0.2) is 24.3 Å². The van der Waals surface area contributed by atoms with E-state index in [4.69, 9.17) is 16.3 Å². The molecule has 1 aromatic carbocycles. The average molecular weight is 347 g/mol. The summed E-state index contributed by atoms with van der Waals surface area (Å²) in [5.74, 6) is 0.640. The molecule has 0 spiro atoms. The van der Waals surface area contributed by atoms with Crippen molar-refractivity contribution in [2.24, 2.45) is 0 Å². The van der Waals surface area contributed by atoms with Crippen LogP contribution < -0.4 is 10.1 Å². The monoisotopic (exact) mass is 346 g/mol. The largest absolute Gasteiger partial charge is 0.481 e. The molecule has 22 heavy (non-hydrogen) atoms. The maximum Gasteiger partial charge on any atom is 0.263 e. The lowest BCUT2D eigenvalue weighted by Crippen LogP contribution is -2.44. The summed E-state index contributed by atoms with van der Waals surface area (Å²) >= 11 is 5.93. The Morgan fingerprint density at radius 2 is 2.18 bits per heavy atom. The van der Waals surface area contributed by atoms with Crippen LogP contribution in [0.3, 0.4) is 0 Å². The van der Waals surface area contributed by atoms with Gasteiger partial charge in [0, 0.05) is 18.1 Å². The highest BCUT2D eigenvalue weighted by Gasteiger charge is 2.25. The second-order valence-corrected chi connectivity index (χ2v) is 5.94. The van der Waals surface area contributed by atoms with E-state index in [1.165, 1.54) is 0 Å². The fraction of sp³-hybridized carbons (Fsp3) is 0.562. The lowest BCUT2D eigenvalue weighted by atomic mass is 10.1. The Balaban J connectivity index is 0.00000242. The molecule has 2 unspecified atom stereocenters. The van der Waals surface area contributed by atoms with Crippen molar-refractivity contribution in [3.8, 4) is 5.75 Å². The van der Waals surface area contributed by atoms with Gasteiger partial charge in [-0.3, -0.25) is 4.79 Å². The number of carbonyl (C=O) groups excluding carboxylic acids is 1. The van der Waals surface area contributed by atoms with Gasteiger partial charge in [0.25, 0.3) is 5.91 Å². The van der Waals surface area contributed by atoms with Crippen LogP contribution >= 0.6 is 24.0 Å². The fourth-order valence-corrected chi connectivity index (χ4v) is 2.83. The van der Waals surface area contributed by atoms with Gasteiger partial charge >= 0.3 is 0 Å². The third-order valence-electron chi connectivity index (χ3n) is 3.90. The summed E-state index contributed by atoms with van der Waals surface area (Å²) in [6.07, 6.45) is 2.63. The van der Waals surface area contributed by atoms with Crippen molar-refractivity contribution < 1.29 is 9.53 Å². The standard InChI is InChI=1S/C16H23ClN2O2.ClH/c1-12(21-15-7-3-5-13(17)11-15)16(20)19(2)14-6-4-9-18-10-8-14;/h3,5,7,11-12,14,18H,4,6,8-10H2,1-2H3;1H. The molecule has 1 amide bonds. The van der Waals surface area contributed by atoms with Crippen LogP contribution in [0.1, 0.15) is 26.2 Å². The summed E-state index contributed by atoms with van der Waals surface area (Å²) in [5.41, 5.74) is 0. The van der Waals surface area contributed by atoms with Gasteiger partial charge in [0.15, 0.2) is 6.10 Å². The van der Waals surface area contributed by atoms with Crippen LogP contribution in [0.25, 0.3) is 0 Å². The van der Waals surface area contributed by atoms with Crippen LogP contribution in [0, 0.1) is 0 Å². The van der Waals surface area contributed by atoms with E-state index in [1.54, 1.807) is 19.1 Å². The lowest BCUT2D eigenvalue weighted by Gasteiger charge is -2.29. The van der Waals surface area contributed by atoms with E-state index in [1.807, 2.05) is 24.1 Å². The first kappa shape index (κ1) is 19.1. The number of carbonyl (C=O) groups is 1. The number of ether oxygens (including phenoxy) is 1. The van der Waals surface area contributed by atoms with E-state index >= 15 is 0 Å². The molecule has 1 saturated heterocycles. The second kappa shape index (κ2) is 9.23. The first-order valence-electron chi connectivity index (χ1n) is 7.47. The first-order valence-corrected chi connectivity index (χ1v) is 7.85. The zero-order valence-electron chi connectivity index (χ0n) is 13.0. The Bertz CT molecular complexity index is 477. The zero-order chi connectivity index (χ0) is 15.2.